The van der Waals surface area contributed by atoms with Gasteiger partial charge in [0.2, 0.25) is 0 Å². The van der Waals surface area contributed by atoms with Crippen molar-refractivity contribution in [3.8, 4) is 0 Å². The van der Waals surface area contributed by atoms with Crippen molar-refractivity contribution in [2.45, 2.75) is 0 Å². The minimum Gasteiger partial charge on any atom is -0.282 e. The number of nitrogens with one attached hydrogen (secondary N) is 2. The molecule has 0 saturated carbocycles. The van der Waals surface area contributed by atoms with Gasteiger partial charge < -0.3 is 0 Å². The van der Waals surface area contributed by atoms with Crippen LogP contribution in [0.15, 0.2) is 59.8 Å². The van der Waals surface area contributed by atoms with Crippen LogP contribution in [0.1, 0.15) is 15.9 Å². The van der Waals surface area contributed by atoms with Gasteiger partial charge in [0.1, 0.15) is 6.33 Å². The van der Waals surface area contributed by atoms with Crippen molar-refractivity contribution in [3.05, 3.63) is 70.9 Å². The Labute approximate surface area is 152 Å². The number of para-hydroxylation sites is 2. The van der Waals surface area contributed by atoms with Crippen molar-refractivity contribution >= 4 is 45.9 Å². The number of aromatic nitrogens is 2. The van der Waals surface area contributed by atoms with Gasteiger partial charge in [-0.05, 0) is 47.7 Å². The predicted octanol–water partition coefficient (Wildman–Crippen LogP) is 2.74. The summed E-state index contributed by atoms with van der Waals surface area (Å²) in [6.07, 6.45) is 3.16. The molecule has 1 saturated heterocycles. The Morgan fingerprint density at radius 3 is 2.62 bits per heavy atom. The first kappa shape index (κ1) is 16.1. The van der Waals surface area contributed by atoms with Crippen LogP contribution in [0.25, 0.3) is 17.1 Å². The Hall–Kier alpha value is -3.39. The summed E-state index contributed by atoms with van der Waals surface area (Å²) in [6.45, 7) is 0. The van der Waals surface area contributed by atoms with E-state index in [9.17, 15) is 14.4 Å². The monoisotopic (exact) mass is 364 g/mol. The molecular formula is C18H12N4O3S. The third kappa shape index (κ3) is 3.09. The molecule has 0 radical (unpaired) electrons. The highest BCUT2D eigenvalue weighted by atomic mass is 32.2. The summed E-state index contributed by atoms with van der Waals surface area (Å²) >= 11 is 0.855. The van der Waals surface area contributed by atoms with Gasteiger partial charge in [0, 0.05) is 5.56 Å². The zero-order valence-corrected chi connectivity index (χ0v) is 14.1. The number of imide groups is 1. The fraction of sp³-hybridized carbons (Fsp3) is 0. The van der Waals surface area contributed by atoms with E-state index in [1.165, 1.54) is 0 Å². The van der Waals surface area contributed by atoms with Gasteiger partial charge in [-0.2, -0.15) is 0 Å². The van der Waals surface area contributed by atoms with Gasteiger partial charge in [-0.25, -0.2) is 9.66 Å². The lowest BCUT2D eigenvalue weighted by Gasteiger charge is -2.07. The summed E-state index contributed by atoms with van der Waals surface area (Å²) in [5.41, 5.74) is 5.55. The number of hydrogen-bond donors (Lipinski definition) is 2. The number of rotatable bonds is 3. The third-order valence-corrected chi connectivity index (χ3v) is 4.60. The zero-order valence-electron chi connectivity index (χ0n) is 13.3. The van der Waals surface area contributed by atoms with Crippen molar-refractivity contribution in [2.75, 3.05) is 5.43 Å². The average molecular weight is 364 g/mol. The summed E-state index contributed by atoms with van der Waals surface area (Å²) in [5.74, 6) is -0.690. The molecule has 0 atom stereocenters. The molecule has 0 unspecified atom stereocenters. The van der Waals surface area contributed by atoms with E-state index in [2.05, 4.69) is 15.7 Å². The van der Waals surface area contributed by atoms with E-state index < -0.39 is 5.91 Å². The second-order valence-electron chi connectivity index (χ2n) is 5.52. The largest absolute Gasteiger partial charge is 0.290 e. The van der Waals surface area contributed by atoms with E-state index >= 15 is 0 Å². The fourth-order valence-electron chi connectivity index (χ4n) is 2.53. The Morgan fingerprint density at radius 1 is 1.12 bits per heavy atom. The topological polar surface area (TPSA) is 93.1 Å². The van der Waals surface area contributed by atoms with Crippen molar-refractivity contribution in [1.29, 1.82) is 0 Å². The quantitative estimate of drug-likeness (QED) is 0.697. The molecule has 26 heavy (non-hydrogen) atoms. The van der Waals surface area contributed by atoms with E-state index in [0.717, 1.165) is 28.4 Å². The van der Waals surface area contributed by atoms with Crippen LogP contribution < -0.4 is 10.7 Å². The van der Waals surface area contributed by atoms with Crippen LogP contribution in [-0.4, -0.2) is 26.7 Å². The molecule has 4 rings (SSSR count). The number of amides is 3. The first-order valence-electron chi connectivity index (χ1n) is 7.68. The summed E-state index contributed by atoms with van der Waals surface area (Å²) in [7, 11) is 0. The second kappa shape index (κ2) is 6.49. The number of imidazole rings is 1. The number of hydrogen-bond acceptors (Lipinski definition) is 5. The highest BCUT2D eigenvalue weighted by Crippen LogP contribution is 2.25. The summed E-state index contributed by atoms with van der Waals surface area (Å²) in [6, 6.07) is 14.2. The summed E-state index contributed by atoms with van der Waals surface area (Å²) in [4.78, 5) is 39.7. The number of fused-ring (bicyclic) bond motifs is 1. The molecule has 3 amide bonds. The predicted molar refractivity (Wildman–Crippen MR) is 99.0 cm³/mol. The summed E-state index contributed by atoms with van der Waals surface area (Å²) in [5, 5.41) is 1.82. The average Bonchev–Trinajstić information content (AvgIpc) is 3.18. The lowest BCUT2D eigenvalue weighted by molar-refractivity contribution is -0.115. The molecule has 128 valence electrons. The lowest BCUT2D eigenvalue weighted by Crippen LogP contribution is -2.21. The number of thioether (sulfide) groups is 1. The van der Waals surface area contributed by atoms with Crippen LogP contribution in [0.4, 0.5) is 4.79 Å². The first-order chi connectivity index (χ1) is 12.6. The zero-order chi connectivity index (χ0) is 18.1. The maximum Gasteiger partial charge on any atom is 0.290 e. The molecule has 1 fully saturated rings. The van der Waals surface area contributed by atoms with Crippen LogP contribution in [-0.2, 0) is 4.79 Å². The molecule has 2 N–H and O–H groups in total. The van der Waals surface area contributed by atoms with Crippen LogP contribution >= 0.6 is 11.8 Å². The van der Waals surface area contributed by atoms with Crippen LogP contribution in [0.2, 0.25) is 0 Å². The summed E-state index contributed by atoms with van der Waals surface area (Å²) < 4.78 is 1.57. The van der Waals surface area contributed by atoms with Gasteiger partial charge >= 0.3 is 0 Å². The van der Waals surface area contributed by atoms with E-state index in [1.54, 1.807) is 41.3 Å². The molecule has 1 aliphatic heterocycles. The minimum absolute atomic E-state index is 0.282. The first-order valence-corrected chi connectivity index (χ1v) is 8.50. The van der Waals surface area contributed by atoms with E-state index in [1.807, 2.05) is 24.3 Å². The van der Waals surface area contributed by atoms with E-state index in [0.29, 0.717) is 10.5 Å². The van der Waals surface area contributed by atoms with E-state index in [-0.39, 0.29) is 11.1 Å². The Balaban J connectivity index is 1.51. The normalized spacial score (nSPS) is 15.5. The molecule has 8 heteroatoms. The SMILES string of the molecule is O=C1NC(=O)C(=Cc2ccc(C(=O)Nn3cnc4ccccc43)cc2)S1. The number of carbonyl (C=O) groups is 3. The fourth-order valence-corrected chi connectivity index (χ4v) is 3.21. The Kier molecular flexibility index (Phi) is 4.02. The molecule has 0 aliphatic carbocycles. The Bertz CT molecular complexity index is 1070. The number of carbonyl (C=O) groups excluding carboxylic acids is 3. The molecule has 3 aromatic rings. The molecule has 1 aliphatic rings. The van der Waals surface area contributed by atoms with Crippen LogP contribution in [0.5, 0.6) is 0 Å². The van der Waals surface area contributed by atoms with Gasteiger partial charge in [-0.3, -0.25) is 25.1 Å². The molecule has 0 bridgehead atoms. The maximum absolute atomic E-state index is 12.4. The van der Waals surface area contributed by atoms with Crippen molar-refractivity contribution < 1.29 is 14.4 Å². The number of benzene rings is 2. The lowest BCUT2D eigenvalue weighted by atomic mass is 10.1. The van der Waals surface area contributed by atoms with Gasteiger partial charge in [0.05, 0.1) is 15.9 Å². The highest BCUT2D eigenvalue weighted by molar-refractivity contribution is 8.18. The Morgan fingerprint density at radius 2 is 1.88 bits per heavy atom. The number of nitrogens with zero attached hydrogens (tertiary/aromatic N) is 2. The highest BCUT2D eigenvalue weighted by Gasteiger charge is 2.24. The van der Waals surface area contributed by atoms with Gasteiger partial charge in [0.15, 0.2) is 0 Å². The van der Waals surface area contributed by atoms with Gasteiger partial charge in [-0.15, -0.1) is 0 Å². The molecule has 1 aromatic heterocycles. The molecule has 2 aromatic carbocycles. The van der Waals surface area contributed by atoms with Crippen molar-refractivity contribution in [2.24, 2.45) is 0 Å². The molecular weight excluding hydrogens is 352 g/mol. The molecule has 0 spiro atoms. The molecule has 7 nitrogen and oxygen atoms in total. The minimum atomic E-state index is -0.409. The molecule has 2 heterocycles. The van der Waals surface area contributed by atoms with Gasteiger partial charge in [0.25, 0.3) is 17.1 Å². The van der Waals surface area contributed by atoms with Crippen LogP contribution in [0, 0.1) is 0 Å². The van der Waals surface area contributed by atoms with Crippen molar-refractivity contribution in [1.82, 2.24) is 15.0 Å². The second-order valence-corrected chi connectivity index (χ2v) is 6.53. The van der Waals surface area contributed by atoms with Crippen LogP contribution in [0.3, 0.4) is 0 Å². The van der Waals surface area contributed by atoms with E-state index in [4.69, 9.17) is 0 Å². The maximum atomic E-state index is 12.4. The standard InChI is InChI=1S/C18H12N4O3S/c23-16(21-22-10-19-13-3-1-2-4-14(13)22)12-7-5-11(6-8-12)9-15-17(24)20-18(25)26-15/h1-10H,(H,21,23)(H,20,24,25). The smallest absolute Gasteiger partial charge is 0.282 e. The third-order valence-electron chi connectivity index (χ3n) is 3.79. The van der Waals surface area contributed by atoms with Gasteiger partial charge in [-0.1, -0.05) is 24.3 Å². The van der Waals surface area contributed by atoms with Crippen molar-refractivity contribution in [3.63, 3.8) is 0 Å².